The van der Waals surface area contributed by atoms with Crippen LogP contribution in [0.25, 0.3) is 10.9 Å². The van der Waals surface area contributed by atoms with Crippen molar-refractivity contribution in [1.29, 1.82) is 0 Å². The van der Waals surface area contributed by atoms with Gasteiger partial charge in [-0.25, -0.2) is 5.43 Å². The van der Waals surface area contributed by atoms with E-state index in [-0.39, 0.29) is 0 Å². The zero-order chi connectivity index (χ0) is 19.4. The SMILES string of the molecule is FC(F)(F)c1cccc(C2(c3ccnc4ccccc34)C=C3CCCN3N2)c1. The lowest BCUT2D eigenvalue weighted by Crippen LogP contribution is -2.45. The van der Waals surface area contributed by atoms with Crippen molar-refractivity contribution in [3.05, 3.63) is 89.3 Å². The molecular formula is C22H18F3N3. The number of pyridine rings is 1. The van der Waals surface area contributed by atoms with Crippen molar-refractivity contribution in [1.82, 2.24) is 15.4 Å². The minimum absolute atomic E-state index is 0.570. The van der Waals surface area contributed by atoms with E-state index in [1.165, 1.54) is 12.1 Å². The molecule has 0 radical (unpaired) electrons. The Bertz CT molecular complexity index is 1080. The molecule has 0 aliphatic carbocycles. The summed E-state index contributed by atoms with van der Waals surface area (Å²) in [5.74, 6) is 0. The number of para-hydroxylation sites is 1. The zero-order valence-electron chi connectivity index (χ0n) is 15.0. The van der Waals surface area contributed by atoms with Crippen molar-refractivity contribution in [3.8, 4) is 0 Å². The maximum absolute atomic E-state index is 13.4. The second kappa shape index (κ2) is 6.07. The number of hydrogen-bond donors (Lipinski definition) is 1. The van der Waals surface area contributed by atoms with Crippen LogP contribution in [0.4, 0.5) is 13.2 Å². The third-order valence-electron chi connectivity index (χ3n) is 5.57. The lowest BCUT2D eigenvalue weighted by atomic mass is 9.81. The van der Waals surface area contributed by atoms with Crippen molar-refractivity contribution in [2.24, 2.45) is 0 Å². The lowest BCUT2D eigenvalue weighted by molar-refractivity contribution is -0.137. The number of rotatable bonds is 2. The largest absolute Gasteiger partial charge is 0.416 e. The molecule has 1 N–H and O–H groups in total. The highest BCUT2D eigenvalue weighted by Crippen LogP contribution is 2.44. The van der Waals surface area contributed by atoms with E-state index in [0.29, 0.717) is 5.56 Å². The monoisotopic (exact) mass is 381 g/mol. The minimum atomic E-state index is -4.39. The summed E-state index contributed by atoms with van der Waals surface area (Å²) in [6.45, 7) is 0.843. The summed E-state index contributed by atoms with van der Waals surface area (Å²) in [6, 6.07) is 15.2. The molecule has 2 aromatic carbocycles. The molecule has 5 rings (SSSR count). The van der Waals surface area contributed by atoms with Crippen LogP contribution < -0.4 is 5.43 Å². The van der Waals surface area contributed by atoms with Gasteiger partial charge in [0, 0.05) is 23.8 Å². The topological polar surface area (TPSA) is 28.2 Å². The molecule has 1 atom stereocenters. The van der Waals surface area contributed by atoms with Gasteiger partial charge in [-0.2, -0.15) is 13.2 Å². The van der Waals surface area contributed by atoms with Crippen LogP contribution in [0.1, 0.15) is 29.5 Å². The molecule has 1 aromatic heterocycles. The van der Waals surface area contributed by atoms with Crippen molar-refractivity contribution in [3.63, 3.8) is 0 Å². The van der Waals surface area contributed by atoms with Gasteiger partial charge in [0.05, 0.1) is 11.1 Å². The summed E-state index contributed by atoms with van der Waals surface area (Å²) < 4.78 is 40.2. The number of aromatic nitrogens is 1. The van der Waals surface area contributed by atoms with E-state index < -0.39 is 17.3 Å². The number of alkyl halides is 3. The van der Waals surface area contributed by atoms with Crippen LogP contribution in [-0.4, -0.2) is 16.5 Å². The van der Waals surface area contributed by atoms with Gasteiger partial charge in [0.25, 0.3) is 0 Å². The molecule has 1 saturated heterocycles. The molecule has 1 fully saturated rings. The summed E-state index contributed by atoms with van der Waals surface area (Å²) in [5, 5.41) is 2.99. The van der Waals surface area contributed by atoms with Crippen LogP contribution in [0.5, 0.6) is 0 Å². The van der Waals surface area contributed by atoms with Crippen LogP contribution in [0.2, 0.25) is 0 Å². The van der Waals surface area contributed by atoms with E-state index in [2.05, 4.69) is 21.5 Å². The molecule has 28 heavy (non-hydrogen) atoms. The maximum atomic E-state index is 13.4. The first kappa shape index (κ1) is 17.3. The second-order valence-corrected chi connectivity index (χ2v) is 7.26. The van der Waals surface area contributed by atoms with E-state index in [9.17, 15) is 13.2 Å². The van der Waals surface area contributed by atoms with E-state index in [0.717, 1.165) is 47.6 Å². The average Bonchev–Trinajstić information content (AvgIpc) is 3.27. The molecule has 3 aromatic rings. The normalized spacial score (nSPS) is 21.8. The maximum Gasteiger partial charge on any atom is 0.416 e. The van der Waals surface area contributed by atoms with Crippen LogP contribution in [-0.2, 0) is 11.7 Å². The summed E-state index contributed by atoms with van der Waals surface area (Å²) in [5.41, 5.74) is 5.42. The van der Waals surface area contributed by atoms with Crippen LogP contribution in [0.3, 0.4) is 0 Å². The number of nitrogens with zero attached hydrogens (tertiary/aromatic N) is 2. The molecule has 2 aliphatic rings. The van der Waals surface area contributed by atoms with Gasteiger partial charge < -0.3 is 5.01 Å². The quantitative estimate of drug-likeness (QED) is 0.678. The van der Waals surface area contributed by atoms with Crippen molar-refractivity contribution >= 4 is 10.9 Å². The first-order valence-electron chi connectivity index (χ1n) is 9.26. The molecule has 1 unspecified atom stereocenters. The fourth-order valence-electron chi connectivity index (χ4n) is 4.29. The summed E-state index contributed by atoms with van der Waals surface area (Å²) >= 11 is 0. The lowest BCUT2D eigenvalue weighted by Gasteiger charge is -2.33. The third-order valence-corrected chi connectivity index (χ3v) is 5.57. The summed E-state index contributed by atoms with van der Waals surface area (Å²) in [6.07, 6.45) is 1.36. The average molecular weight is 381 g/mol. The Kier molecular flexibility index (Phi) is 3.74. The standard InChI is InChI=1S/C22H18F3N3/c23-22(24,25)16-6-3-5-15(13-16)21(14-17-7-4-12-28(17)27-21)19-10-11-26-20-9-2-1-8-18(19)20/h1-3,5-6,8-11,13-14,27H,4,7,12H2. The smallest absolute Gasteiger partial charge is 0.311 e. The Morgan fingerprint density at radius 3 is 2.71 bits per heavy atom. The van der Waals surface area contributed by atoms with Gasteiger partial charge in [0.15, 0.2) is 0 Å². The molecule has 0 amide bonds. The Hall–Kier alpha value is -2.86. The van der Waals surface area contributed by atoms with Crippen LogP contribution in [0, 0.1) is 0 Å². The number of benzene rings is 2. The van der Waals surface area contributed by atoms with E-state index in [1.807, 2.05) is 30.3 Å². The Balaban J connectivity index is 1.78. The molecule has 0 spiro atoms. The van der Waals surface area contributed by atoms with Crippen molar-refractivity contribution in [2.75, 3.05) is 6.54 Å². The molecular weight excluding hydrogens is 363 g/mol. The molecule has 3 heterocycles. The number of halogens is 3. The number of allylic oxidation sites excluding steroid dienone is 1. The summed E-state index contributed by atoms with van der Waals surface area (Å²) in [7, 11) is 0. The van der Waals surface area contributed by atoms with Gasteiger partial charge in [-0.15, -0.1) is 0 Å². The number of hydrazine groups is 1. The Labute approximate surface area is 160 Å². The second-order valence-electron chi connectivity index (χ2n) is 7.26. The molecule has 0 saturated carbocycles. The van der Waals surface area contributed by atoms with E-state index in [4.69, 9.17) is 0 Å². The molecule has 142 valence electrons. The Morgan fingerprint density at radius 2 is 1.89 bits per heavy atom. The van der Waals surface area contributed by atoms with E-state index in [1.54, 1.807) is 12.3 Å². The van der Waals surface area contributed by atoms with Gasteiger partial charge in [0.1, 0.15) is 5.54 Å². The van der Waals surface area contributed by atoms with Gasteiger partial charge in [-0.3, -0.25) is 4.98 Å². The highest BCUT2D eigenvalue weighted by Gasteiger charge is 2.43. The Morgan fingerprint density at radius 1 is 1.04 bits per heavy atom. The van der Waals surface area contributed by atoms with Gasteiger partial charge in [-0.05, 0) is 54.3 Å². The predicted molar refractivity (Wildman–Crippen MR) is 101 cm³/mol. The first-order chi connectivity index (χ1) is 13.5. The highest BCUT2D eigenvalue weighted by atomic mass is 19.4. The van der Waals surface area contributed by atoms with Gasteiger partial charge in [-0.1, -0.05) is 30.3 Å². The van der Waals surface area contributed by atoms with Crippen LogP contribution in [0.15, 0.2) is 72.6 Å². The molecule has 6 heteroatoms. The number of fused-ring (bicyclic) bond motifs is 2. The number of nitrogens with one attached hydrogen (secondary N) is 1. The van der Waals surface area contributed by atoms with Crippen molar-refractivity contribution in [2.45, 2.75) is 24.6 Å². The molecule has 3 nitrogen and oxygen atoms in total. The third kappa shape index (κ3) is 2.59. The zero-order valence-corrected chi connectivity index (χ0v) is 15.0. The first-order valence-corrected chi connectivity index (χ1v) is 9.26. The van der Waals surface area contributed by atoms with E-state index >= 15 is 0 Å². The fraction of sp³-hybridized carbons (Fsp3) is 0.227. The molecule has 0 bridgehead atoms. The fourth-order valence-corrected chi connectivity index (χ4v) is 4.29. The van der Waals surface area contributed by atoms with Gasteiger partial charge in [0.2, 0.25) is 0 Å². The summed E-state index contributed by atoms with van der Waals surface area (Å²) in [4.78, 5) is 4.42. The van der Waals surface area contributed by atoms with Gasteiger partial charge >= 0.3 is 6.18 Å². The molecule has 2 aliphatic heterocycles. The highest BCUT2D eigenvalue weighted by molar-refractivity contribution is 5.84. The number of hydrogen-bond acceptors (Lipinski definition) is 3. The minimum Gasteiger partial charge on any atom is -0.311 e. The van der Waals surface area contributed by atoms with Crippen LogP contribution >= 0.6 is 0 Å². The van der Waals surface area contributed by atoms with Crippen molar-refractivity contribution < 1.29 is 13.2 Å². The predicted octanol–water partition coefficient (Wildman–Crippen LogP) is 5.00.